The summed E-state index contributed by atoms with van der Waals surface area (Å²) in [6.45, 7) is -7.64. The Morgan fingerprint density at radius 1 is 1.67 bits per heavy atom. The molecule has 0 spiro atoms. The van der Waals surface area contributed by atoms with E-state index in [0.29, 0.717) is 15.8 Å². The van der Waals surface area contributed by atoms with Gasteiger partial charge in [0.2, 0.25) is 0 Å². The molecule has 21 heavy (non-hydrogen) atoms. The van der Waals surface area contributed by atoms with Gasteiger partial charge in [0.05, 0.1) is 10.2 Å². The maximum absolute atomic E-state index is 11.5. The lowest BCUT2D eigenvalue weighted by Crippen LogP contribution is -2.28. The number of aromatic nitrogens is 1. The van der Waals surface area contributed by atoms with Gasteiger partial charge in [-0.2, -0.15) is 0 Å². The van der Waals surface area contributed by atoms with Crippen LogP contribution in [0.1, 0.15) is 24.8 Å². The van der Waals surface area contributed by atoms with Gasteiger partial charge >= 0.3 is 6.09 Å². The first-order valence-corrected chi connectivity index (χ1v) is 6.32. The molecule has 1 aliphatic rings. The Balaban J connectivity index is 2.04. The zero-order valence-corrected chi connectivity index (χ0v) is 11.3. The molecule has 2 N–H and O–H groups in total. The SMILES string of the molecule is [2H]c1[nH]c2ccc(C([2H])([2H])[C@@H]3NC(=O)OC3([2H])[2H])cc2c1CC([2H])([2H])N(C)C([2H])([2H])[2H]. The number of hydrogen-bond acceptors (Lipinski definition) is 3. The van der Waals surface area contributed by atoms with Gasteiger partial charge in [0.15, 0.2) is 0 Å². The molecule has 1 fully saturated rings. The quantitative estimate of drug-likeness (QED) is 0.886. The average molecular weight is 297 g/mol. The highest BCUT2D eigenvalue weighted by Gasteiger charge is 2.22. The summed E-state index contributed by atoms with van der Waals surface area (Å²) >= 11 is 0. The normalized spacial score (nSPS) is 29.6. The van der Waals surface area contributed by atoms with Crippen LogP contribution in [0, 0.1) is 0 Å². The lowest BCUT2D eigenvalue weighted by molar-refractivity contribution is 0.177. The van der Waals surface area contributed by atoms with Gasteiger partial charge in [-0.25, -0.2) is 4.79 Å². The van der Waals surface area contributed by atoms with Crippen LogP contribution in [-0.2, 0) is 17.5 Å². The van der Waals surface area contributed by atoms with Crippen molar-refractivity contribution in [3.63, 3.8) is 0 Å². The van der Waals surface area contributed by atoms with Crippen molar-refractivity contribution in [2.45, 2.75) is 18.8 Å². The van der Waals surface area contributed by atoms with Crippen LogP contribution in [0.25, 0.3) is 10.9 Å². The number of hydrogen-bond donors (Lipinski definition) is 2. The van der Waals surface area contributed by atoms with Gasteiger partial charge in [-0.1, -0.05) is 6.07 Å². The molecule has 5 nitrogen and oxygen atoms in total. The number of nitrogens with zero attached hydrogens (tertiary/aromatic N) is 1. The average Bonchev–Trinajstić information content (AvgIpc) is 3.07. The van der Waals surface area contributed by atoms with Crippen LogP contribution in [0.3, 0.4) is 0 Å². The minimum atomic E-state index is -2.70. The van der Waals surface area contributed by atoms with Crippen LogP contribution in [0.15, 0.2) is 24.4 Å². The highest BCUT2D eigenvalue weighted by atomic mass is 16.6. The maximum atomic E-state index is 11.5. The summed E-state index contributed by atoms with van der Waals surface area (Å²) in [5.74, 6) is 0. The third-order valence-corrected chi connectivity index (χ3v) is 3.03. The minimum absolute atomic E-state index is 0.0235. The summed E-state index contributed by atoms with van der Waals surface area (Å²) in [5.41, 5.74) is 0.523. The van der Waals surface area contributed by atoms with Gasteiger partial charge < -0.3 is 19.9 Å². The zero-order valence-electron chi connectivity index (χ0n) is 21.3. The molecule has 1 amide bonds. The molecule has 0 unspecified atom stereocenters. The van der Waals surface area contributed by atoms with Crippen LogP contribution >= 0.6 is 0 Å². The van der Waals surface area contributed by atoms with Crippen molar-refractivity contribution in [3.8, 4) is 0 Å². The molecule has 1 aromatic carbocycles. The van der Waals surface area contributed by atoms with Crippen molar-refractivity contribution in [1.29, 1.82) is 0 Å². The molecule has 0 bridgehead atoms. The van der Waals surface area contributed by atoms with Gasteiger partial charge in [-0.15, -0.1) is 0 Å². The Kier molecular flexibility index (Phi) is 1.76. The zero-order chi connectivity index (χ0) is 23.6. The standard InChI is InChI=1S/C16H21N3O2/c1-19(2)6-5-12-9-17-15-4-3-11(8-14(12)15)7-13-10-21-16(20)18-13/h3-4,8-9,13,17H,5-7,10H2,1-2H3,(H,18,20)/t13-/m0/s1/i1D3,6D2,7D2,9D,10D2. The topological polar surface area (TPSA) is 57.4 Å². The van der Waals surface area contributed by atoms with Crippen molar-refractivity contribution in [2.75, 3.05) is 27.1 Å². The Labute approximate surface area is 138 Å². The van der Waals surface area contributed by atoms with Crippen LogP contribution in [-0.4, -0.2) is 49.1 Å². The fourth-order valence-electron chi connectivity index (χ4n) is 2.06. The molecule has 1 saturated heterocycles. The predicted molar refractivity (Wildman–Crippen MR) is 82.5 cm³/mol. The van der Waals surface area contributed by atoms with E-state index in [0.717, 1.165) is 7.05 Å². The van der Waals surface area contributed by atoms with Crippen LogP contribution in [0.5, 0.6) is 0 Å². The molecule has 3 rings (SSSR count). The third-order valence-electron chi connectivity index (χ3n) is 3.03. The van der Waals surface area contributed by atoms with Crippen molar-refractivity contribution < 1.29 is 23.2 Å². The maximum Gasteiger partial charge on any atom is 0.407 e. The number of amides is 1. The molecular weight excluding hydrogens is 266 g/mol. The molecule has 112 valence electrons. The number of nitrogens with one attached hydrogen (secondary N) is 2. The minimum Gasteiger partial charge on any atom is -0.447 e. The number of aryl methyl sites for hydroxylation is 1. The van der Waals surface area contributed by atoms with Gasteiger partial charge in [-0.05, 0) is 50.1 Å². The molecule has 1 aromatic heterocycles. The van der Waals surface area contributed by atoms with Crippen molar-refractivity contribution in [2.24, 2.45) is 0 Å². The summed E-state index contributed by atoms with van der Waals surface area (Å²) < 4.78 is 83.7. The number of ether oxygens (including phenoxy) is 1. The molecule has 1 atom stereocenters. The van der Waals surface area contributed by atoms with E-state index in [4.69, 9.17) is 13.7 Å². The first-order valence-electron chi connectivity index (χ1n) is 11.3. The number of likely N-dealkylation sites (N-methyl/N-ethyl adjacent to an activating group) is 1. The lowest BCUT2D eigenvalue weighted by Gasteiger charge is -2.09. The number of carbonyl (C=O) groups is 1. The number of benzene rings is 1. The Morgan fingerprint density at radius 3 is 3.33 bits per heavy atom. The van der Waals surface area contributed by atoms with E-state index in [2.05, 4.69) is 15.0 Å². The van der Waals surface area contributed by atoms with Crippen molar-refractivity contribution >= 4 is 17.0 Å². The largest absolute Gasteiger partial charge is 0.447 e. The fraction of sp³-hybridized carbons (Fsp3) is 0.438. The first kappa shape index (κ1) is 6.40. The molecule has 0 saturated carbocycles. The van der Waals surface area contributed by atoms with Crippen LogP contribution < -0.4 is 5.32 Å². The van der Waals surface area contributed by atoms with E-state index in [1.807, 2.05) is 0 Å². The summed E-state index contributed by atoms with van der Waals surface area (Å²) in [4.78, 5) is 14.8. The highest BCUT2D eigenvalue weighted by Crippen LogP contribution is 2.21. The van der Waals surface area contributed by atoms with E-state index in [1.165, 1.54) is 18.2 Å². The number of cyclic esters (lactones) is 1. The summed E-state index contributed by atoms with van der Waals surface area (Å²) in [5, 5.41) is 2.43. The van der Waals surface area contributed by atoms with Crippen molar-refractivity contribution in [3.05, 3.63) is 35.5 Å². The molecule has 2 aromatic rings. The Morgan fingerprint density at radius 2 is 2.57 bits per heavy atom. The fourth-order valence-corrected chi connectivity index (χ4v) is 2.06. The third kappa shape index (κ3) is 3.19. The van der Waals surface area contributed by atoms with Crippen LogP contribution in [0.4, 0.5) is 4.79 Å². The Bertz CT molecular complexity index is 1020. The summed E-state index contributed by atoms with van der Waals surface area (Å²) in [6, 6.07) is 2.52. The highest BCUT2D eigenvalue weighted by molar-refractivity contribution is 5.84. The number of H-pyrrole nitrogens is 1. The molecular formula is C16H21N3O2. The van der Waals surface area contributed by atoms with E-state index in [-0.39, 0.29) is 17.3 Å². The van der Waals surface area contributed by atoms with Gasteiger partial charge in [0.1, 0.15) is 6.56 Å². The van der Waals surface area contributed by atoms with E-state index >= 15 is 0 Å². The molecule has 2 heterocycles. The second kappa shape index (κ2) is 5.77. The molecule has 0 radical (unpaired) electrons. The number of carbonyl (C=O) groups excluding carboxylic acids is 1. The van der Waals surface area contributed by atoms with Crippen LogP contribution in [0.2, 0.25) is 0 Å². The summed E-state index contributed by atoms with van der Waals surface area (Å²) in [6.07, 6.45) is -4.10. The van der Waals surface area contributed by atoms with E-state index < -0.39 is 45.0 Å². The predicted octanol–water partition coefficient (Wildman–Crippen LogP) is 1.92. The van der Waals surface area contributed by atoms with Gasteiger partial charge in [0, 0.05) is 33.2 Å². The van der Waals surface area contributed by atoms with Gasteiger partial charge in [0.25, 0.3) is 0 Å². The second-order valence-electron chi connectivity index (χ2n) is 4.61. The summed E-state index contributed by atoms with van der Waals surface area (Å²) in [7, 11) is 1.11. The second-order valence-corrected chi connectivity index (χ2v) is 4.61. The van der Waals surface area contributed by atoms with E-state index in [9.17, 15) is 4.79 Å². The smallest absolute Gasteiger partial charge is 0.407 e. The first-order chi connectivity index (χ1) is 14.0. The number of fused-ring (bicyclic) bond motifs is 1. The molecule has 0 aliphatic carbocycles. The monoisotopic (exact) mass is 297 g/mol. The van der Waals surface area contributed by atoms with Gasteiger partial charge in [-0.3, -0.25) is 0 Å². The number of alkyl carbamates (subject to hydrolysis) is 1. The number of aromatic amines is 1. The lowest BCUT2D eigenvalue weighted by atomic mass is 10.0. The number of rotatable bonds is 5. The van der Waals surface area contributed by atoms with Crippen molar-refractivity contribution in [1.82, 2.24) is 15.2 Å². The van der Waals surface area contributed by atoms with E-state index in [1.54, 1.807) is 0 Å². The molecule has 5 heteroatoms. The Hall–Kier alpha value is -2.01. The molecule has 1 aliphatic heterocycles.